The molecule has 0 radical (unpaired) electrons. The predicted molar refractivity (Wildman–Crippen MR) is 106 cm³/mol. The second-order valence-electron chi connectivity index (χ2n) is 6.86. The van der Waals surface area contributed by atoms with E-state index >= 15 is 0 Å². The molecule has 0 aliphatic carbocycles. The van der Waals surface area contributed by atoms with Gasteiger partial charge in [0.15, 0.2) is 4.96 Å². The molecule has 1 aliphatic heterocycles. The molecule has 2 N–H and O–H groups in total. The van der Waals surface area contributed by atoms with E-state index in [1.807, 2.05) is 34.2 Å². The van der Waals surface area contributed by atoms with Crippen LogP contribution in [0.3, 0.4) is 0 Å². The van der Waals surface area contributed by atoms with Crippen molar-refractivity contribution in [2.45, 2.75) is 12.8 Å². The van der Waals surface area contributed by atoms with Crippen molar-refractivity contribution in [3.63, 3.8) is 0 Å². The third-order valence-electron chi connectivity index (χ3n) is 4.92. The Morgan fingerprint density at radius 2 is 2.07 bits per heavy atom. The number of nitrogens with one attached hydrogen (secondary N) is 2. The van der Waals surface area contributed by atoms with Gasteiger partial charge >= 0.3 is 0 Å². The molecular formula is C20H25N4O2S+. The summed E-state index contributed by atoms with van der Waals surface area (Å²) in [5, 5.41) is 5.07. The van der Waals surface area contributed by atoms with E-state index in [1.165, 1.54) is 0 Å². The van der Waals surface area contributed by atoms with E-state index in [-0.39, 0.29) is 5.91 Å². The molecule has 1 amide bonds. The number of hydrogen-bond donors (Lipinski definition) is 2. The van der Waals surface area contributed by atoms with Gasteiger partial charge in [0.2, 0.25) is 5.91 Å². The molecule has 7 heteroatoms. The number of aromatic nitrogens is 2. The largest absolute Gasteiger partial charge is 0.370 e. The van der Waals surface area contributed by atoms with Crippen LogP contribution in [-0.2, 0) is 16.0 Å². The number of carbonyl (C=O) groups is 1. The van der Waals surface area contributed by atoms with Crippen LogP contribution in [0.25, 0.3) is 16.2 Å². The number of fused-ring (bicyclic) bond motifs is 1. The zero-order valence-corrected chi connectivity index (χ0v) is 16.1. The van der Waals surface area contributed by atoms with E-state index in [4.69, 9.17) is 4.74 Å². The lowest BCUT2D eigenvalue weighted by atomic mass is 10.2. The van der Waals surface area contributed by atoms with Crippen LogP contribution in [0.15, 0.2) is 41.9 Å². The van der Waals surface area contributed by atoms with Crippen molar-refractivity contribution in [3.8, 4) is 11.3 Å². The number of carbonyl (C=O) groups excluding carboxylic acids is 1. The van der Waals surface area contributed by atoms with Gasteiger partial charge in [-0.1, -0.05) is 30.3 Å². The molecule has 1 fully saturated rings. The van der Waals surface area contributed by atoms with Crippen molar-refractivity contribution < 1.29 is 14.4 Å². The fourth-order valence-electron chi connectivity index (χ4n) is 3.41. The highest BCUT2D eigenvalue weighted by Crippen LogP contribution is 2.23. The maximum absolute atomic E-state index is 12.3. The maximum Gasteiger partial charge on any atom is 0.225 e. The first-order valence-electron chi connectivity index (χ1n) is 9.48. The van der Waals surface area contributed by atoms with E-state index in [0.717, 1.165) is 67.7 Å². The average Bonchev–Trinajstić information content (AvgIpc) is 3.29. The highest BCUT2D eigenvalue weighted by molar-refractivity contribution is 7.15. The van der Waals surface area contributed by atoms with Gasteiger partial charge < -0.3 is 15.0 Å². The summed E-state index contributed by atoms with van der Waals surface area (Å²) < 4.78 is 7.40. The summed E-state index contributed by atoms with van der Waals surface area (Å²) in [4.78, 5) is 19.5. The highest BCUT2D eigenvalue weighted by atomic mass is 32.1. The zero-order chi connectivity index (χ0) is 18.5. The molecule has 2 aromatic heterocycles. The molecule has 27 heavy (non-hydrogen) atoms. The van der Waals surface area contributed by atoms with Gasteiger partial charge in [0.1, 0.15) is 13.1 Å². The van der Waals surface area contributed by atoms with E-state index in [9.17, 15) is 4.79 Å². The fraction of sp³-hybridized carbons (Fsp3) is 0.400. The number of imidazole rings is 1. The lowest BCUT2D eigenvalue weighted by molar-refractivity contribution is -0.908. The molecule has 0 atom stereocenters. The quantitative estimate of drug-likeness (QED) is 0.597. The summed E-state index contributed by atoms with van der Waals surface area (Å²) in [5.41, 5.74) is 3.02. The van der Waals surface area contributed by atoms with E-state index < -0.39 is 0 Å². The topological polar surface area (TPSA) is 60.1 Å². The van der Waals surface area contributed by atoms with Gasteiger partial charge in [0.25, 0.3) is 0 Å². The second kappa shape index (κ2) is 8.65. The second-order valence-corrected chi connectivity index (χ2v) is 7.70. The first kappa shape index (κ1) is 18.2. The fourth-order valence-corrected chi connectivity index (χ4v) is 4.28. The first-order chi connectivity index (χ1) is 13.3. The number of thiazole rings is 1. The Labute approximate surface area is 162 Å². The highest BCUT2D eigenvalue weighted by Gasteiger charge is 2.14. The predicted octanol–water partition coefficient (Wildman–Crippen LogP) is 1.03. The lowest BCUT2D eigenvalue weighted by Crippen LogP contribution is -3.14. The van der Waals surface area contributed by atoms with Gasteiger partial charge in [-0.25, -0.2) is 4.98 Å². The Morgan fingerprint density at radius 3 is 2.89 bits per heavy atom. The van der Waals surface area contributed by atoms with Crippen molar-refractivity contribution in [1.29, 1.82) is 0 Å². The summed E-state index contributed by atoms with van der Waals surface area (Å²) in [6.07, 6.45) is 3.41. The summed E-state index contributed by atoms with van der Waals surface area (Å²) in [5.74, 6) is 0.0710. The minimum atomic E-state index is 0.0710. The number of rotatable bonds is 7. The smallest absolute Gasteiger partial charge is 0.225 e. The lowest BCUT2D eigenvalue weighted by Gasteiger charge is -2.23. The monoisotopic (exact) mass is 385 g/mol. The molecule has 3 aromatic rings. The number of benzene rings is 1. The van der Waals surface area contributed by atoms with Gasteiger partial charge in [-0.15, -0.1) is 11.3 Å². The van der Waals surface area contributed by atoms with Crippen molar-refractivity contribution in [2.75, 3.05) is 39.4 Å². The minimum Gasteiger partial charge on any atom is -0.370 e. The van der Waals surface area contributed by atoms with Gasteiger partial charge in [-0.05, 0) is 0 Å². The summed E-state index contributed by atoms with van der Waals surface area (Å²) in [6, 6.07) is 10.1. The number of ether oxygens (including phenoxy) is 1. The van der Waals surface area contributed by atoms with Crippen LogP contribution < -0.4 is 10.2 Å². The Hall–Kier alpha value is -2.22. The Bertz CT molecular complexity index is 884. The third kappa shape index (κ3) is 4.55. The summed E-state index contributed by atoms with van der Waals surface area (Å²) >= 11 is 1.58. The molecule has 1 saturated heterocycles. The molecule has 6 nitrogen and oxygen atoms in total. The van der Waals surface area contributed by atoms with Gasteiger partial charge in [0.05, 0.1) is 31.9 Å². The number of quaternary nitrogens is 1. The van der Waals surface area contributed by atoms with E-state index in [0.29, 0.717) is 6.42 Å². The molecule has 0 bridgehead atoms. The maximum atomic E-state index is 12.3. The van der Waals surface area contributed by atoms with Crippen LogP contribution in [-0.4, -0.2) is 54.7 Å². The number of nitrogens with zero attached hydrogens (tertiary/aromatic N) is 2. The van der Waals surface area contributed by atoms with E-state index in [2.05, 4.69) is 22.4 Å². The van der Waals surface area contributed by atoms with Crippen molar-refractivity contribution in [3.05, 3.63) is 47.6 Å². The van der Waals surface area contributed by atoms with Crippen LogP contribution in [0.5, 0.6) is 0 Å². The number of amides is 1. The molecule has 0 saturated carbocycles. The van der Waals surface area contributed by atoms with Crippen molar-refractivity contribution >= 4 is 22.2 Å². The van der Waals surface area contributed by atoms with Gasteiger partial charge in [-0.2, -0.15) is 0 Å². The van der Waals surface area contributed by atoms with E-state index in [1.54, 1.807) is 16.2 Å². The molecular weight excluding hydrogens is 360 g/mol. The molecule has 1 aromatic carbocycles. The first-order valence-corrected chi connectivity index (χ1v) is 10.4. The molecule has 0 spiro atoms. The third-order valence-corrected chi connectivity index (χ3v) is 5.81. The Kier molecular flexibility index (Phi) is 5.81. The van der Waals surface area contributed by atoms with Crippen LogP contribution in [0.1, 0.15) is 12.1 Å². The SMILES string of the molecule is O=C(Cc1csc2nc(-c3ccccc3)cn12)NCCC[NH+]1CCOCC1. The molecule has 1 aliphatic rings. The summed E-state index contributed by atoms with van der Waals surface area (Å²) in [7, 11) is 0. The normalized spacial score (nSPS) is 15.3. The standard InChI is InChI=1S/C20H24N4O2S/c25-19(21-7-4-8-23-9-11-26-12-10-23)13-17-15-27-20-22-18(14-24(17)20)16-5-2-1-3-6-16/h1-3,5-6,14-15H,4,7-13H2,(H,21,25)/p+1. The van der Waals surface area contributed by atoms with Crippen LogP contribution in [0.2, 0.25) is 0 Å². The van der Waals surface area contributed by atoms with Gasteiger partial charge in [-0.3, -0.25) is 9.20 Å². The molecule has 3 heterocycles. The molecule has 142 valence electrons. The Balaban J connectivity index is 1.30. The summed E-state index contributed by atoms with van der Waals surface area (Å²) in [6.45, 7) is 5.68. The van der Waals surface area contributed by atoms with Crippen LogP contribution in [0, 0.1) is 0 Å². The van der Waals surface area contributed by atoms with Crippen LogP contribution >= 0.6 is 11.3 Å². The number of morpholine rings is 1. The van der Waals surface area contributed by atoms with Gasteiger partial charge in [0, 0.05) is 35.8 Å². The van der Waals surface area contributed by atoms with Crippen molar-refractivity contribution in [2.24, 2.45) is 0 Å². The zero-order valence-electron chi connectivity index (χ0n) is 15.3. The van der Waals surface area contributed by atoms with Crippen LogP contribution in [0.4, 0.5) is 0 Å². The number of hydrogen-bond acceptors (Lipinski definition) is 4. The minimum absolute atomic E-state index is 0.0710. The Morgan fingerprint density at radius 1 is 1.26 bits per heavy atom. The molecule has 4 rings (SSSR count). The van der Waals surface area contributed by atoms with Crippen molar-refractivity contribution in [1.82, 2.24) is 14.7 Å². The molecule has 0 unspecified atom stereocenters. The average molecular weight is 386 g/mol.